The van der Waals surface area contributed by atoms with Crippen LogP contribution in [0, 0.1) is 0 Å². The summed E-state index contributed by atoms with van der Waals surface area (Å²) in [7, 11) is -3.55. The van der Waals surface area contributed by atoms with Crippen molar-refractivity contribution < 1.29 is 8.42 Å². The van der Waals surface area contributed by atoms with Gasteiger partial charge in [-0.15, -0.1) is 5.10 Å². The number of benzene rings is 2. The summed E-state index contributed by atoms with van der Waals surface area (Å²) in [5, 5.41) is 9.08. The average Bonchev–Trinajstić information content (AvgIpc) is 3.00. The summed E-state index contributed by atoms with van der Waals surface area (Å²) in [6.07, 6.45) is 3.24. The molecule has 0 spiro atoms. The molecule has 0 radical (unpaired) electrons. The van der Waals surface area contributed by atoms with E-state index in [0.29, 0.717) is 16.8 Å². The molecule has 1 aromatic heterocycles. The van der Waals surface area contributed by atoms with Gasteiger partial charge in [-0.05, 0) is 11.5 Å². The van der Waals surface area contributed by atoms with Crippen LogP contribution in [-0.4, -0.2) is 30.0 Å². The first-order chi connectivity index (χ1) is 10.2. The lowest BCUT2D eigenvalue weighted by molar-refractivity contribution is 0.553. The zero-order chi connectivity index (χ0) is 14.7. The molecule has 2 aromatic carbocycles. The Hall–Kier alpha value is -2.25. The topological polar surface area (TPSA) is 76.9 Å². The Morgan fingerprint density at radius 1 is 1.10 bits per heavy atom. The summed E-state index contributed by atoms with van der Waals surface area (Å²) in [4.78, 5) is 0.291. The molecule has 21 heavy (non-hydrogen) atoms. The Labute approximate surface area is 122 Å². The van der Waals surface area contributed by atoms with Gasteiger partial charge in [-0.3, -0.25) is 4.68 Å². The van der Waals surface area contributed by atoms with E-state index in [-0.39, 0.29) is 6.54 Å². The second kappa shape index (κ2) is 5.63. The summed E-state index contributed by atoms with van der Waals surface area (Å²) in [5.41, 5.74) is 0. The van der Waals surface area contributed by atoms with Crippen LogP contribution < -0.4 is 4.72 Å². The number of sulfonamides is 1. The highest BCUT2D eigenvalue weighted by atomic mass is 32.2. The van der Waals surface area contributed by atoms with Gasteiger partial charge in [-0.2, -0.15) is 0 Å². The van der Waals surface area contributed by atoms with E-state index in [9.17, 15) is 8.42 Å². The molecule has 7 heteroatoms. The highest BCUT2D eigenvalue weighted by Gasteiger charge is 2.16. The predicted molar refractivity (Wildman–Crippen MR) is 79.2 cm³/mol. The molecule has 0 aliphatic carbocycles. The molecule has 0 atom stereocenters. The van der Waals surface area contributed by atoms with Crippen molar-refractivity contribution in [1.29, 1.82) is 0 Å². The molecule has 0 saturated carbocycles. The van der Waals surface area contributed by atoms with Crippen molar-refractivity contribution in [2.24, 2.45) is 0 Å². The molecule has 3 rings (SSSR count). The van der Waals surface area contributed by atoms with E-state index in [1.807, 2.05) is 24.3 Å². The Bertz CT molecular complexity index is 839. The average molecular weight is 302 g/mol. The number of aromatic nitrogens is 3. The third kappa shape index (κ3) is 2.93. The third-order valence-electron chi connectivity index (χ3n) is 3.14. The molecule has 0 saturated heterocycles. The summed E-state index contributed by atoms with van der Waals surface area (Å²) < 4.78 is 29.0. The van der Waals surface area contributed by atoms with E-state index in [1.54, 1.807) is 35.3 Å². The number of hydrogen-bond acceptors (Lipinski definition) is 4. The first kappa shape index (κ1) is 13.7. The lowest BCUT2D eigenvalue weighted by Crippen LogP contribution is -2.27. The number of hydrogen-bond donors (Lipinski definition) is 1. The second-order valence-corrected chi connectivity index (χ2v) is 6.28. The Morgan fingerprint density at radius 2 is 1.90 bits per heavy atom. The maximum Gasteiger partial charge on any atom is 0.241 e. The summed E-state index contributed by atoms with van der Waals surface area (Å²) in [6, 6.07) is 12.7. The van der Waals surface area contributed by atoms with Crippen molar-refractivity contribution in [2.75, 3.05) is 6.54 Å². The van der Waals surface area contributed by atoms with Crippen molar-refractivity contribution in [3.63, 3.8) is 0 Å². The van der Waals surface area contributed by atoms with Gasteiger partial charge in [0, 0.05) is 18.1 Å². The van der Waals surface area contributed by atoms with E-state index < -0.39 is 10.0 Å². The van der Waals surface area contributed by atoms with Crippen LogP contribution in [0.15, 0.2) is 59.8 Å². The molecule has 3 aromatic rings. The predicted octanol–water partition coefficient (Wildman–Crippen LogP) is 1.41. The fraction of sp³-hybridized carbons (Fsp3) is 0.143. The van der Waals surface area contributed by atoms with Crippen molar-refractivity contribution in [3.05, 3.63) is 54.9 Å². The van der Waals surface area contributed by atoms with Gasteiger partial charge in [0.2, 0.25) is 10.0 Å². The van der Waals surface area contributed by atoms with Crippen LogP contribution in [0.4, 0.5) is 0 Å². The minimum absolute atomic E-state index is 0.259. The number of nitrogens with one attached hydrogen (secondary N) is 1. The minimum atomic E-state index is -3.55. The molecule has 0 bridgehead atoms. The third-order valence-corrected chi connectivity index (χ3v) is 4.66. The number of nitrogens with zero attached hydrogens (tertiary/aromatic N) is 3. The zero-order valence-corrected chi connectivity index (χ0v) is 12.0. The Morgan fingerprint density at radius 3 is 2.71 bits per heavy atom. The quantitative estimate of drug-likeness (QED) is 0.773. The van der Waals surface area contributed by atoms with Gasteiger partial charge in [0.05, 0.1) is 17.6 Å². The van der Waals surface area contributed by atoms with Crippen LogP contribution in [0.5, 0.6) is 0 Å². The van der Waals surface area contributed by atoms with E-state index in [0.717, 1.165) is 5.39 Å². The van der Waals surface area contributed by atoms with Crippen LogP contribution in [0.2, 0.25) is 0 Å². The summed E-state index contributed by atoms with van der Waals surface area (Å²) >= 11 is 0. The van der Waals surface area contributed by atoms with Crippen LogP contribution in [-0.2, 0) is 16.6 Å². The molecule has 108 valence electrons. The maximum absolute atomic E-state index is 12.4. The van der Waals surface area contributed by atoms with Gasteiger partial charge in [-0.1, -0.05) is 41.6 Å². The van der Waals surface area contributed by atoms with Crippen LogP contribution in [0.25, 0.3) is 10.8 Å². The Balaban J connectivity index is 1.83. The highest BCUT2D eigenvalue weighted by molar-refractivity contribution is 7.89. The molecule has 1 heterocycles. The van der Waals surface area contributed by atoms with E-state index in [1.165, 1.54) is 0 Å². The van der Waals surface area contributed by atoms with Gasteiger partial charge in [0.15, 0.2) is 0 Å². The van der Waals surface area contributed by atoms with Crippen molar-refractivity contribution in [2.45, 2.75) is 11.4 Å². The van der Waals surface area contributed by atoms with Crippen molar-refractivity contribution in [1.82, 2.24) is 19.7 Å². The van der Waals surface area contributed by atoms with Crippen LogP contribution in [0.1, 0.15) is 0 Å². The fourth-order valence-corrected chi connectivity index (χ4v) is 3.40. The normalized spacial score (nSPS) is 11.8. The van der Waals surface area contributed by atoms with Gasteiger partial charge in [0.25, 0.3) is 0 Å². The molecule has 6 nitrogen and oxygen atoms in total. The van der Waals surface area contributed by atoms with E-state index >= 15 is 0 Å². The molecule has 0 unspecified atom stereocenters. The van der Waals surface area contributed by atoms with Gasteiger partial charge in [-0.25, -0.2) is 13.1 Å². The van der Waals surface area contributed by atoms with Gasteiger partial charge >= 0.3 is 0 Å². The summed E-state index contributed by atoms with van der Waals surface area (Å²) in [6.45, 7) is 0.693. The molecule has 0 fully saturated rings. The zero-order valence-electron chi connectivity index (χ0n) is 11.2. The molecule has 0 aliphatic rings. The van der Waals surface area contributed by atoms with Crippen molar-refractivity contribution >= 4 is 20.8 Å². The molecule has 0 amide bonds. The highest BCUT2D eigenvalue weighted by Crippen LogP contribution is 2.22. The lowest BCUT2D eigenvalue weighted by Gasteiger charge is -2.09. The van der Waals surface area contributed by atoms with E-state index in [2.05, 4.69) is 15.0 Å². The molecular weight excluding hydrogens is 288 g/mol. The number of rotatable bonds is 5. The molecular formula is C14H14N4O2S. The monoisotopic (exact) mass is 302 g/mol. The summed E-state index contributed by atoms with van der Waals surface area (Å²) in [5.74, 6) is 0. The maximum atomic E-state index is 12.4. The van der Waals surface area contributed by atoms with Crippen LogP contribution in [0.3, 0.4) is 0 Å². The van der Waals surface area contributed by atoms with E-state index in [4.69, 9.17) is 0 Å². The Kier molecular flexibility index (Phi) is 3.68. The molecule has 0 aliphatic heterocycles. The van der Waals surface area contributed by atoms with Crippen molar-refractivity contribution in [3.8, 4) is 0 Å². The first-order valence-corrected chi connectivity index (χ1v) is 7.97. The standard InChI is InChI=1S/C14H14N4O2S/c19-21(20,16-9-11-18-10-8-15-17-18)14-7-3-5-12-4-1-2-6-13(12)14/h1-8,10,16H,9,11H2. The minimum Gasteiger partial charge on any atom is -0.251 e. The van der Waals surface area contributed by atoms with Gasteiger partial charge in [0.1, 0.15) is 0 Å². The first-order valence-electron chi connectivity index (χ1n) is 6.48. The largest absolute Gasteiger partial charge is 0.251 e. The second-order valence-electron chi connectivity index (χ2n) is 4.54. The van der Waals surface area contributed by atoms with Gasteiger partial charge < -0.3 is 0 Å². The fourth-order valence-electron chi connectivity index (χ4n) is 2.15. The van der Waals surface area contributed by atoms with Crippen LogP contribution >= 0.6 is 0 Å². The smallest absolute Gasteiger partial charge is 0.241 e. The number of fused-ring (bicyclic) bond motifs is 1. The lowest BCUT2D eigenvalue weighted by atomic mass is 10.1. The SMILES string of the molecule is O=S(=O)(NCCn1ccnn1)c1cccc2ccccc12. The molecule has 1 N–H and O–H groups in total.